The van der Waals surface area contributed by atoms with Crippen LogP contribution in [0.4, 0.5) is 22.0 Å². The zero-order valence-electron chi connectivity index (χ0n) is 19.9. The number of carbonyl (C=O) groups excluding carboxylic acids is 1. The summed E-state index contributed by atoms with van der Waals surface area (Å²) in [7, 11) is 0. The van der Waals surface area contributed by atoms with Gasteiger partial charge in [-0.2, -0.15) is 4.98 Å². The highest BCUT2D eigenvalue weighted by Crippen LogP contribution is 2.27. The minimum atomic E-state index is -1.03. The lowest BCUT2D eigenvalue weighted by Crippen LogP contribution is -2.45. The molecule has 0 bridgehead atoms. The number of nitrogens with one attached hydrogen (secondary N) is 1. The van der Waals surface area contributed by atoms with Gasteiger partial charge in [-0.3, -0.25) is 9.69 Å². The van der Waals surface area contributed by atoms with Crippen molar-refractivity contribution in [3.05, 3.63) is 76.2 Å². The predicted molar refractivity (Wildman–Crippen MR) is 138 cm³/mol. The minimum absolute atomic E-state index is 0.0750. The Morgan fingerprint density at radius 1 is 1.03 bits per heavy atom. The van der Waals surface area contributed by atoms with Crippen LogP contribution in [0.2, 0.25) is 10.3 Å². The molecular weight excluding hydrogens is 489 g/mol. The van der Waals surface area contributed by atoms with Crippen LogP contribution in [0.25, 0.3) is 0 Å². The molecule has 1 aromatic heterocycles. The summed E-state index contributed by atoms with van der Waals surface area (Å²) in [4.78, 5) is 35.3. The Hall–Kier alpha value is -3.36. The maximum atomic E-state index is 12.5. The third-order valence-corrected chi connectivity index (χ3v) is 5.59. The number of carboxylic acid groups (broad SMARTS) is 1. The second-order valence-electron chi connectivity index (χ2n) is 8.99. The first kappa shape index (κ1) is 26.2. The van der Waals surface area contributed by atoms with Crippen molar-refractivity contribution in [3.63, 3.8) is 0 Å². The average Bonchev–Trinajstić information content (AvgIpc) is 2.75. The summed E-state index contributed by atoms with van der Waals surface area (Å²) in [5, 5.41) is 13.2. The largest absolute Gasteiger partial charge is 0.465 e. The summed E-state index contributed by atoms with van der Waals surface area (Å²) < 4.78 is 0. The molecule has 0 aliphatic heterocycles. The van der Waals surface area contributed by atoms with Crippen LogP contribution >= 0.6 is 23.2 Å². The molecule has 1 heterocycles. The first-order chi connectivity index (χ1) is 16.4. The Morgan fingerprint density at radius 2 is 1.66 bits per heavy atom. The van der Waals surface area contributed by atoms with Crippen LogP contribution in [-0.2, 0) is 17.9 Å². The molecule has 2 N–H and O–H groups in total. The second-order valence-corrected chi connectivity index (χ2v) is 9.74. The van der Waals surface area contributed by atoms with Crippen molar-refractivity contribution in [2.75, 3.05) is 10.2 Å². The molecule has 0 unspecified atom stereocenters. The van der Waals surface area contributed by atoms with Crippen molar-refractivity contribution >= 4 is 52.4 Å². The van der Waals surface area contributed by atoms with Crippen LogP contribution in [0.3, 0.4) is 0 Å². The van der Waals surface area contributed by atoms with Gasteiger partial charge >= 0.3 is 6.09 Å². The van der Waals surface area contributed by atoms with Crippen molar-refractivity contribution in [2.45, 2.75) is 46.3 Å². The molecule has 0 radical (unpaired) electrons. The zero-order chi connectivity index (χ0) is 25.8. The van der Waals surface area contributed by atoms with Gasteiger partial charge in [-0.1, -0.05) is 35.9 Å². The third-order valence-electron chi connectivity index (χ3n) is 5.13. The van der Waals surface area contributed by atoms with E-state index in [2.05, 4.69) is 15.3 Å². The van der Waals surface area contributed by atoms with Crippen LogP contribution in [0, 0.1) is 0 Å². The highest BCUT2D eigenvalue weighted by Gasteiger charge is 2.28. The number of benzene rings is 2. The highest BCUT2D eigenvalue weighted by atomic mass is 35.5. The van der Waals surface area contributed by atoms with Gasteiger partial charge in [0.25, 0.3) is 0 Å². The van der Waals surface area contributed by atoms with E-state index >= 15 is 0 Å². The lowest BCUT2D eigenvalue weighted by molar-refractivity contribution is -0.130. The molecule has 10 heteroatoms. The molecule has 3 rings (SSSR count). The van der Waals surface area contributed by atoms with E-state index in [0.29, 0.717) is 29.6 Å². The number of hydrogen-bond acceptors (Lipinski definition) is 5. The molecule has 8 nitrogen and oxygen atoms in total. The van der Waals surface area contributed by atoms with E-state index in [-0.39, 0.29) is 11.2 Å². The van der Waals surface area contributed by atoms with E-state index < -0.39 is 11.6 Å². The number of carbonyl (C=O) groups is 2. The van der Waals surface area contributed by atoms with Gasteiger partial charge in [0.05, 0.1) is 6.20 Å². The molecule has 0 atom stereocenters. The molecule has 0 aliphatic rings. The Morgan fingerprint density at radius 3 is 2.26 bits per heavy atom. The summed E-state index contributed by atoms with van der Waals surface area (Å²) in [6.07, 6.45) is 0.382. The highest BCUT2D eigenvalue weighted by molar-refractivity contribution is 6.33. The predicted octanol–water partition coefficient (Wildman–Crippen LogP) is 6.36. The van der Waals surface area contributed by atoms with E-state index in [9.17, 15) is 14.7 Å². The standard InChI is InChI=1S/C25H27Cl2N5O3/c1-16(33)31(15-18-8-6-10-20(12-18)32(24(34)35)25(2,3)4)14-17-7-5-9-19(11-17)29-22-21(26)13-28-23(27)30-22/h5-13H,14-15H2,1-4H3,(H,34,35)(H,28,29,30). The fourth-order valence-corrected chi connectivity index (χ4v) is 3.89. The van der Waals surface area contributed by atoms with Crippen LogP contribution < -0.4 is 10.2 Å². The smallest absolute Gasteiger partial charge is 0.412 e. The molecular formula is C25H27Cl2N5O3. The zero-order valence-corrected chi connectivity index (χ0v) is 21.4. The SMILES string of the molecule is CC(=O)N(Cc1cccc(Nc2nc(Cl)ncc2Cl)c1)Cc1cccc(N(C(=O)O)C(C)(C)C)c1. The Labute approximate surface area is 214 Å². The quantitative estimate of drug-likeness (QED) is 0.355. The number of rotatable bonds is 7. The van der Waals surface area contributed by atoms with Crippen LogP contribution in [0.15, 0.2) is 54.7 Å². The maximum absolute atomic E-state index is 12.5. The molecule has 3 aromatic rings. The summed E-state index contributed by atoms with van der Waals surface area (Å²) >= 11 is 12.0. The maximum Gasteiger partial charge on any atom is 0.412 e. The summed E-state index contributed by atoms with van der Waals surface area (Å²) in [5.74, 6) is 0.274. The number of aromatic nitrogens is 2. The van der Waals surface area contributed by atoms with Gasteiger partial charge in [-0.05, 0) is 67.8 Å². The number of halogens is 2. The Balaban J connectivity index is 1.80. The number of hydrogen-bond donors (Lipinski definition) is 2. The molecule has 0 saturated heterocycles. The van der Waals surface area contributed by atoms with Crippen LogP contribution in [-0.4, -0.2) is 37.5 Å². The Bertz CT molecular complexity index is 1230. The first-order valence-electron chi connectivity index (χ1n) is 10.9. The Kier molecular flexibility index (Phi) is 8.19. The lowest BCUT2D eigenvalue weighted by Gasteiger charge is -2.33. The fraction of sp³-hybridized carbons (Fsp3) is 0.280. The summed E-state index contributed by atoms with van der Waals surface area (Å²) in [5.41, 5.74) is 2.38. The van der Waals surface area contributed by atoms with Crippen molar-refractivity contribution in [3.8, 4) is 0 Å². The van der Waals surface area contributed by atoms with Crippen LogP contribution in [0.5, 0.6) is 0 Å². The van der Waals surface area contributed by atoms with E-state index in [1.54, 1.807) is 23.1 Å². The van der Waals surface area contributed by atoms with E-state index in [1.165, 1.54) is 18.0 Å². The van der Waals surface area contributed by atoms with Crippen molar-refractivity contribution in [1.82, 2.24) is 14.9 Å². The van der Waals surface area contributed by atoms with Gasteiger partial charge in [0, 0.05) is 36.9 Å². The van der Waals surface area contributed by atoms with Crippen molar-refractivity contribution in [2.24, 2.45) is 0 Å². The number of anilines is 3. The number of amides is 2. The molecule has 35 heavy (non-hydrogen) atoms. The van der Waals surface area contributed by atoms with Gasteiger partial charge in [-0.25, -0.2) is 9.78 Å². The van der Waals surface area contributed by atoms with E-state index in [1.807, 2.05) is 51.1 Å². The molecule has 0 fully saturated rings. The number of nitrogens with zero attached hydrogens (tertiary/aromatic N) is 4. The van der Waals surface area contributed by atoms with Gasteiger partial charge in [0.2, 0.25) is 11.2 Å². The molecule has 184 valence electrons. The third kappa shape index (κ3) is 7.07. The molecule has 2 aromatic carbocycles. The molecule has 0 saturated carbocycles. The normalized spacial score (nSPS) is 11.1. The van der Waals surface area contributed by atoms with Gasteiger partial charge < -0.3 is 15.3 Å². The molecule has 2 amide bonds. The van der Waals surface area contributed by atoms with Crippen molar-refractivity contribution in [1.29, 1.82) is 0 Å². The second kappa shape index (κ2) is 10.9. The topological polar surface area (TPSA) is 98.7 Å². The summed E-state index contributed by atoms with van der Waals surface area (Å²) in [6, 6.07) is 14.7. The molecule has 0 spiro atoms. The van der Waals surface area contributed by atoms with Gasteiger partial charge in [0.15, 0.2) is 5.82 Å². The van der Waals surface area contributed by atoms with E-state index in [0.717, 1.165) is 16.8 Å². The minimum Gasteiger partial charge on any atom is -0.465 e. The fourth-order valence-electron chi connectivity index (χ4n) is 3.62. The van der Waals surface area contributed by atoms with Crippen LogP contribution in [0.1, 0.15) is 38.8 Å². The lowest BCUT2D eigenvalue weighted by atomic mass is 10.0. The van der Waals surface area contributed by atoms with Crippen molar-refractivity contribution < 1.29 is 14.7 Å². The summed E-state index contributed by atoms with van der Waals surface area (Å²) in [6.45, 7) is 7.69. The first-order valence-corrected chi connectivity index (χ1v) is 11.6. The molecule has 0 aliphatic carbocycles. The average molecular weight is 516 g/mol. The monoisotopic (exact) mass is 515 g/mol. The van der Waals surface area contributed by atoms with E-state index in [4.69, 9.17) is 23.2 Å². The van der Waals surface area contributed by atoms with Gasteiger partial charge in [-0.15, -0.1) is 0 Å². The van der Waals surface area contributed by atoms with Gasteiger partial charge in [0.1, 0.15) is 5.02 Å².